The van der Waals surface area contributed by atoms with E-state index in [1.54, 1.807) is 6.92 Å². The molecule has 0 aromatic heterocycles. The second kappa shape index (κ2) is 4.57. The number of carbonyl (C=O) groups excluding carboxylic acids is 1. The molecule has 1 aliphatic rings. The fraction of sp³-hybridized carbons (Fsp3) is 0.889. The molecule has 0 aromatic carbocycles. The van der Waals surface area contributed by atoms with Crippen LogP contribution in [0.4, 0.5) is 17.6 Å². The van der Waals surface area contributed by atoms with Crippen LogP contribution in [-0.2, 0) is 4.79 Å². The van der Waals surface area contributed by atoms with Crippen molar-refractivity contribution >= 4 is 5.91 Å². The Labute approximate surface area is 90.6 Å². The van der Waals surface area contributed by atoms with Gasteiger partial charge in [-0.3, -0.25) is 4.79 Å². The molecule has 0 radical (unpaired) electrons. The second-order valence-electron chi connectivity index (χ2n) is 4.19. The maximum atomic E-state index is 12.7. The number of hydrogen-bond acceptors (Lipinski definition) is 2. The second-order valence-corrected chi connectivity index (χ2v) is 4.19. The van der Waals surface area contributed by atoms with Crippen molar-refractivity contribution in [1.82, 2.24) is 10.6 Å². The third kappa shape index (κ3) is 2.84. The summed E-state index contributed by atoms with van der Waals surface area (Å²) in [4.78, 5) is 11.0. The zero-order valence-electron chi connectivity index (χ0n) is 8.83. The van der Waals surface area contributed by atoms with Crippen molar-refractivity contribution in [3.63, 3.8) is 0 Å². The molecular formula is C9H14F4N2O. The number of rotatable bonds is 3. The van der Waals surface area contributed by atoms with Crippen LogP contribution in [0.25, 0.3) is 0 Å². The summed E-state index contributed by atoms with van der Waals surface area (Å²) >= 11 is 0. The molecule has 1 amide bonds. The van der Waals surface area contributed by atoms with Gasteiger partial charge in [-0.2, -0.15) is 8.78 Å². The van der Waals surface area contributed by atoms with Gasteiger partial charge in [0.05, 0.1) is 0 Å². The van der Waals surface area contributed by atoms with Gasteiger partial charge in [-0.1, -0.05) is 0 Å². The predicted molar refractivity (Wildman–Crippen MR) is 49.6 cm³/mol. The maximum absolute atomic E-state index is 12.7. The Morgan fingerprint density at radius 3 is 2.31 bits per heavy atom. The summed E-state index contributed by atoms with van der Waals surface area (Å²) in [6.45, 7) is 2.71. The van der Waals surface area contributed by atoms with E-state index in [2.05, 4.69) is 5.32 Å². The summed E-state index contributed by atoms with van der Waals surface area (Å²) in [5.41, 5.74) is -0.833. The number of halogens is 4. The first-order chi connectivity index (χ1) is 7.28. The van der Waals surface area contributed by atoms with E-state index in [4.69, 9.17) is 0 Å². The Hall–Kier alpha value is -0.850. The van der Waals surface area contributed by atoms with Crippen LogP contribution in [0.2, 0.25) is 0 Å². The molecule has 7 heteroatoms. The topological polar surface area (TPSA) is 41.1 Å². The highest BCUT2D eigenvalue weighted by molar-refractivity contribution is 5.84. The highest BCUT2D eigenvalue weighted by Crippen LogP contribution is 2.25. The van der Waals surface area contributed by atoms with Gasteiger partial charge in [0.2, 0.25) is 0 Å². The molecule has 3 nitrogen and oxygen atoms in total. The van der Waals surface area contributed by atoms with Gasteiger partial charge in [0.15, 0.2) is 0 Å². The average molecular weight is 242 g/mol. The summed E-state index contributed by atoms with van der Waals surface area (Å²) in [6, 6.07) is 0. The van der Waals surface area contributed by atoms with Crippen molar-refractivity contribution in [1.29, 1.82) is 0 Å². The summed E-state index contributed by atoms with van der Waals surface area (Å²) in [5.74, 6) is -6.51. The van der Waals surface area contributed by atoms with Crippen LogP contribution >= 0.6 is 0 Å². The van der Waals surface area contributed by atoms with Gasteiger partial charge < -0.3 is 10.6 Å². The molecule has 16 heavy (non-hydrogen) atoms. The minimum atomic E-state index is -4.62. The number of hydrogen-bond donors (Lipinski definition) is 2. The quantitative estimate of drug-likeness (QED) is 0.729. The normalized spacial score (nSPS) is 20.9. The van der Waals surface area contributed by atoms with Gasteiger partial charge in [-0.25, -0.2) is 8.78 Å². The lowest BCUT2D eigenvalue weighted by Gasteiger charge is -2.35. The summed E-state index contributed by atoms with van der Waals surface area (Å²) in [7, 11) is 0. The zero-order chi connectivity index (χ0) is 12.4. The fourth-order valence-corrected chi connectivity index (χ4v) is 1.56. The van der Waals surface area contributed by atoms with Gasteiger partial charge in [-0.05, 0) is 32.9 Å². The first kappa shape index (κ1) is 13.2. The molecule has 1 fully saturated rings. The standard InChI is InChI=1S/C9H14F4N2O/c1-8(2-4-14-5-3-8)15-7(16)9(12,13)6(10)11/h6,14H,2-5H2,1H3,(H,15,16). The molecule has 0 unspecified atom stereocenters. The van der Waals surface area contributed by atoms with E-state index in [0.29, 0.717) is 25.9 Å². The van der Waals surface area contributed by atoms with Crippen molar-refractivity contribution in [3.8, 4) is 0 Å². The molecule has 1 rings (SSSR count). The number of piperidine rings is 1. The highest BCUT2D eigenvalue weighted by Gasteiger charge is 2.50. The van der Waals surface area contributed by atoms with E-state index in [1.165, 1.54) is 0 Å². The minimum Gasteiger partial charge on any atom is -0.345 e. The Morgan fingerprint density at radius 1 is 1.38 bits per heavy atom. The number of carbonyl (C=O) groups is 1. The lowest BCUT2D eigenvalue weighted by Crippen LogP contribution is -2.57. The van der Waals surface area contributed by atoms with Gasteiger partial charge >= 0.3 is 12.3 Å². The van der Waals surface area contributed by atoms with Crippen molar-refractivity contribution < 1.29 is 22.4 Å². The molecule has 94 valence electrons. The van der Waals surface area contributed by atoms with Gasteiger partial charge in [-0.15, -0.1) is 0 Å². The summed E-state index contributed by atoms with van der Waals surface area (Å²) in [6.07, 6.45) is -3.09. The van der Waals surface area contributed by atoms with E-state index < -0.39 is 23.8 Å². The smallest absolute Gasteiger partial charge is 0.345 e. The van der Waals surface area contributed by atoms with Crippen molar-refractivity contribution in [3.05, 3.63) is 0 Å². The summed E-state index contributed by atoms with van der Waals surface area (Å²) < 4.78 is 49.2. The van der Waals surface area contributed by atoms with Crippen LogP contribution < -0.4 is 10.6 Å². The Kier molecular flexibility index (Phi) is 3.77. The lowest BCUT2D eigenvalue weighted by atomic mass is 9.90. The van der Waals surface area contributed by atoms with Crippen molar-refractivity contribution in [2.45, 2.75) is 37.7 Å². The third-order valence-corrected chi connectivity index (χ3v) is 2.70. The van der Waals surface area contributed by atoms with Gasteiger partial charge in [0.1, 0.15) is 0 Å². The third-order valence-electron chi connectivity index (χ3n) is 2.70. The van der Waals surface area contributed by atoms with Gasteiger partial charge in [0, 0.05) is 5.54 Å². The number of alkyl halides is 4. The van der Waals surface area contributed by atoms with Crippen LogP contribution in [0.15, 0.2) is 0 Å². The first-order valence-electron chi connectivity index (χ1n) is 4.97. The Bertz CT molecular complexity index is 264. The number of nitrogens with one attached hydrogen (secondary N) is 2. The van der Waals surface area contributed by atoms with E-state index in [9.17, 15) is 22.4 Å². The Morgan fingerprint density at radius 2 is 1.88 bits per heavy atom. The average Bonchev–Trinajstić information content (AvgIpc) is 2.17. The molecule has 0 spiro atoms. The molecule has 0 atom stereocenters. The molecule has 1 heterocycles. The predicted octanol–water partition coefficient (Wildman–Crippen LogP) is 1.15. The van der Waals surface area contributed by atoms with Crippen molar-refractivity contribution in [2.75, 3.05) is 13.1 Å². The van der Waals surface area contributed by atoms with Gasteiger partial charge in [0.25, 0.3) is 5.91 Å². The molecule has 0 bridgehead atoms. The molecule has 1 saturated heterocycles. The van der Waals surface area contributed by atoms with Crippen LogP contribution in [0.3, 0.4) is 0 Å². The van der Waals surface area contributed by atoms with Crippen molar-refractivity contribution in [2.24, 2.45) is 0 Å². The molecule has 0 aliphatic carbocycles. The van der Waals surface area contributed by atoms with E-state index in [1.807, 2.05) is 5.32 Å². The van der Waals surface area contributed by atoms with E-state index in [0.717, 1.165) is 0 Å². The SMILES string of the molecule is CC1(NC(=O)C(F)(F)C(F)F)CCNCC1. The molecule has 0 aromatic rings. The lowest BCUT2D eigenvalue weighted by molar-refractivity contribution is -0.171. The van der Waals surface area contributed by atoms with E-state index in [-0.39, 0.29) is 0 Å². The van der Waals surface area contributed by atoms with Crippen LogP contribution in [-0.4, -0.2) is 36.9 Å². The summed E-state index contributed by atoms with van der Waals surface area (Å²) in [5, 5.41) is 5.00. The number of amides is 1. The minimum absolute atomic E-state index is 0.443. The zero-order valence-corrected chi connectivity index (χ0v) is 8.83. The molecule has 1 aliphatic heterocycles. The Balaban J connectivity index is 2.62. The van der Waals surface area contributed by atoms with E-state index >= 15 is 0 Å². The highest BCUT2D eigenvalue weighted by atomic mass is 19.3. The maximum Gasteiger partial charge on any atom is 0.383 e. The van der Waals surface area contributed by atoms with Crippen LogP contribution in [0.1, 0.15) is 19.8 Å². The van der Waals surface area contributed by atoms with Crippen LogP contribution in [0.5, 0.6) is 0 Å². The molecule has 2 N–H and O–H groups in total. The molecule has 0 saturated carbocycles. The fourth-order valence-electron chi connectivity index (χ4n) is 1.56. The largest absolute Gasteiger partial charge is 0.383 e. The van der Waals surface area contributed by atoms with Crippen LogP contribution in [0, 0.1) is 0 Å². The first-order valence-corrected chi connectivity index (χ1v) is 4.97. The monoisotopic (exact) mass is 242 g/mol. The molecular weight excluding hydrogens is 228 g/mol.